The van der Waals surface area contributed by atoms with E-state index in [1.165, 1.54) is 0 Å². The van der Waals surface area contributed by atoms with E-state index < -0.39 is 6.10 Å². The number of halogens is 1. The molecule has 7 heteroatoms. The SMILES string of the molecule is O=C(NCc1nc2ccccc2[nH]1)C1CC(O)CN1Cc1ccc(Br)cc1. The first-order valence-electron chi connectivity index (χ1n) is 8.96. The number of β-amino-alcohol motifs (C(OH)–C–C–N with tert-alkyl or cyclic N) is 1. The van der Waals surface area contributed by atoms with E-state index in [0.717, 1.165) is 26.9 Å². The van der Waals surface area contributed by atoms with E-state index in [4.69, 9.17) is 0 Å². The quantitative estimate of drug-likeness (QED) is 0.583. The lowest BCUT2D eigenvalue weighted by Crippen LogP contribution is -2.42. The van der Waals surface area contributed by atoms with Gasteiger partial charge in [0, 0.05) is 17.6 Å². The number of likely N-dealkylation sites (tertiary alicyclic amines) is 1. The second kappa shape index (κ2) is 7.80. The van der Waals surface area contributed by atoms with E-state index >= 15 is 0 Å². The Morgan fingerprint density at radius 2 is 2.04 bits per heavy atom. The van der Waals surface area contributed by atoms with Gasteiger partial charge in [-0.05, 0) is 36.2 Å². The highest BCUT2D eigenvalue weighted by Crippen LogP contribution is 2.22. The van der Waals surface area contributed by atoms with Gasteiger partial charge in [-0.1, -0.05) is 40.2 Å². The lowest BCUT2D eigenvalue weighted by molar-refractivity contribution is -0.125. The molecule has 1 aliphatic rings. The first-order chi connectivity index (χ1) is 13.1. The average Bonchev–Trinajstić information content (AvgIpc) is 3.24. The Balaban J connectivity index is 1.40. The van der Waals surface area contributed by atoms with Crippen molar-refractivity contribution in [2.75, 3.05) is 6.54 Å². The number of amides is 1. The van der Waals surface area contributed by atoms with Gasteiger partial charge in [-0.3, -0.25) is 9.69 Å². The molecule has 1 amide bonds. The van der Waals surface area contributed by atoms with Gasteiger partial charge in [-0.25, -0.2) is 4.98 Å². The molecule has 2 aromatic carbocycles. The highest BCUT2D eigenvalue weighted by atomic mass is 79.9. The molecule has 0 aliphatic carbocycles. The number of aromatic nitrogens is 2. The number of aliphatic hydroxyl groups excluding tert-OH is 1. The molecular formula is C20H21BrN4O2. The van der Waals surface area contributed by atoms with E-state index in [0.29, 0.717) is 26.1 Å². The number of H-pyrrole nitrogens is 1. The number of nitrogens with one attached hydrogen (secondary N) is 2. The van der Waals surface area contributed by atoms with E-state index in [9.17, 15) is 9.90 Å². The van der Waals surface area contributed by atoms with Crippen molar-refractivity contribution in [2.45, 2.75) is 31.7 Å². The van der Waals surface area contributed by atoms with Crippen LogP contribution in [-0.2, 0) is 17.9 Å². The van der Waals surface area contributed by atoms with Crippen molar-refractivity contribution in [2.24, 2.45) is 0 Å². The first-order valence-corrected chi connectivity index (χ1v) is 9.75. The summed E-state index contributed by atoms with van der Waals surface area (Å²) in [6.45, 7) is 1.47. The zero-order valence-corrected chi connectivity index (χ0v) is 16.3. The van der Waals surface area contributed by atoms with E-state index in [-0.39, 0.29) is 11.9 Å². The normalized spacial score (nSPS) is 20.2. The van der Waals surface area contributed by atoms with Crippen molar-refractivity contribution in [3.63, 3.8) is 0 Å². The molecule has 0 saturated carbocycles. The fourth-order valence-corrected chi connectivity index (χ4v) is 3.79. The smallest absolute Gasteiger partial charge is 0.237 e. The molecule has 2 heterocycles. The predicted octanol–water partition coefficient (Wildman–Crippen LogP) is 2.58. The van der Waals surface area contributed by atoms with Gasteiger partial charge in [0.25, 0.3) is 0 Å². The predicted molar refractivity (Wildman–Crippen MR) is 107 cm³/mol. The molecule has 0 spiro atoms. The third-order valence-electron chi connectivity index (χ3n) is 4.85. The number of nitrogens with zero attached hydrogens (tertiary/aromatic N) is 2. The summed E-state index contributed by atoms with van der Waals surface area (Å²) >= 11 is 3.43. The second-order valence-electron chi connectivity index (χ2n) is 6.88. The van der Waals surface area contributed by atoms with Crippen LogP contribution in [0.3, 0.4) is 0 Å². The Hall–Kier alpha value is -2.22. The maximum absolute atomic E-state index is 12.7. The molecule has 3 N–H and O–H groups in total. The van der Waals surface area contributed by atoms with Crippen LogP contribution in [0.25, 0.3) is 11.0 Å². The van der Waals surface area contributed by atoms with E-state index in [2.05, 4.69) is 31.2 Å². The molecule has 0 bridgehead atoms. The minimum Gasteiger partial charge on any atom is -0.392 e. The lowest BCUT2D eigenvalue weighted by atomic mass is 10.1. The number of aliphatic hydroxyl groups is 1. The topological polar surface area (TPSA) is 81.2 Å². The maximum atomic E-state index is 12.7. The van der Waals surface area contributed by atoms with Crippen LogP contribution in [0.4, 0.5) is 0 Å². The van der Waals surface area contributed by atoms with E-state index in [1.807, 2.05) is 53.4 Å². The first kappa shape index (κ1) is 18.2. The number of aromatic amines is 1. The van der Waals surface area contributed by atoms with Crippen LogP contribution in [0.2, 0.25) is 0 Å². The van der Waals surface area contributed by atoms with Crippen LogP contribution in [0.1, 0.15) is 17.8 Å². The molecule has 1 saturated heterocycles. The Kier molecular flexibility index (Phi) is 5.24. The van der Waals surface area contributed by atoms with Gasteiger partial charge in [0.2, 0.25) is 5.91 Å². The van der Waals surface area contributed by atoms with Crippen molar-refractivity contribution < 1.29 is 9.90 Å². The zero-order valence-electron chi connectivity index (χ0n) is 14.7. The van der Waals surface area contributed by atoms with Gasteiger partial charge in [0.15, 0.2) is 0 Å². The number of imidazole rings is 1. The molecule has 1 aliphatic heterocycles. The Bertz CT molecular complexity index is 908. The number of hydrogen-bond donors (Lipinski definition) is 3. The largest absolute Gasteiger partial charge is 0.392 e. The summed E-state index contributed by atoms with van der Waals surface area (Å²) in [7, 11) is 0. The summed E-state index contributed by atoms with van der Waals surface area (Å²) in [5.74, 6) is 0.645. The molecule has 2 unspecified atom stereocenters. The van der Waals surface area contributed by atoms with Gasteiger partial charge < -0.3 is 15.4 Å². The standard InChI is InChI=1S/C20H21BrN4O2/c21-14-7-5-13(6-8-14)11-25-12-15(26)9-18(25)20(27)22-10-19-23-16-3-1-2-4-17(16)24-19/h1-8,15,18,26H,9-12H2,(H,22,27)(H,23,24). The summed E-state index contributed by atoms with van der Waals surface area (Å²) in [5.41, 5.74) is 2.95. The monoisotopic (exact) mass is 428 g/mol. The number of carbonyl (C=O) groups excluding carboxylic acids is 1. The van der Waals surface area contributed by atoms with Crippen LogP contribution in [0.5, 0.6) is 0 Å². The number of hydrogen-bond acceptors (Lipinski definition) is 4. The average molecular weight is 429 g/mol. The van der Waals surface area contributed by atoms with Gasteiger partial charge in [0.1, 0.15) is 5.82 Å². The number of carbonyl (C=O) groups is 1. The number of rotatable bonds is 5. The summed E-state index contributed by atoms with van der Waals surface area (Å²) in [6, 6.07) is 15.5. The summed E-state index contributed by atoms with van der Waals surface area (Å²) < 4.78 is 1.02. The van der Waals surface area contributed by atoms with Crippen molar-refractivity contribution in [3.05, 3.63) is 64.4 Å². The zero-order chi connectivity index (χ0) is 18.8. The molecule has 4 rings (SSSR count). The van der Waals surface area contributed by atoms with Crippen molar-refractivity contribution in [1.82, 2.24) is 20.2 Å². The lowest BCUT2D eigenvalue weighted by Gasteiger charge is -2.23. The fraction of sp³-hybridized carbons (Fsp3) is 0.300. The number of benzene rings is 2. The molecule has 3 aromatic rings. The third-order valence-corrected chi connectivity index (χ3v) is 5.38. The minimum atomic E-state index is -0.484. The Morgan fingerprint density at radius 1 is 1.26 bits per heavy atom. The maximum Gasteiger partial charge on any atom is 0.237 e. The van der Waals surface area contributed by atoms with Gasteiger partial charge in [0.05, 0.1) is 29.7 Å². The molecule has 6 nitrogen and oxygen atoms in total. The molecular weight excluding hydrogens is 408 g/mol. The van der Waals surface area contributed by atoms with Crippen LogP contribution in [0.15, 0.2) is 53.0 Å². The Morgan fingerprint density at radius 3 is 2.81 bits per heavy atom. The highest BCUT2D eigenvalue weighted by molar-refractivity contribution is 9.10. The highest BCUT2D eigenvalue weighted by Gasteiger charge is 2.35. The van der Waals surface area contributed by atoms with Gasteiger partial charge in [-0.15, -0.1) is 0 Å². The minimum absolute atomic E-state index is 0.0795. The number of para-hydroxylation sites is 2. The van der Waals surface area contributed by atoms with Gasteiger partial charge >= 0.3 is 0 Å². The molecule has 1 aromatic heterocycles. The van der Waals surface area contributed by atoms with Crippen LogP contribution in [0, 0.1) is 0 Å². The van der Waals surface area contributed by atoms with Crippen molar-refractivity contribution in [1.29, 1.82) is 0 Å². The molecule has 0 radical (unpaired) electrons. The molecule has 140 valence electrons. The third kappa shape index (κ3) is 4.21. The molecule has 2 atom stereocenters. The second-order valence-corrected chi connectivity index (χ2v) is 7.80. The summed E-state index contributed by atoms with van der Waals surface area (Å²) in [5, 5.41) is 13.0. The number of fused-ring (bicyclic) bond motifs is 1. The van der Waals surface area contributed by atoms with Gasteiger partial charge in [-0.2, -0.15) is 0 Å². The van der Waals surface area contributed by atoms with Crippen LogP contribution >= 0.6 is 15.9 Å². The molecule has 1 fully saturated rings. The van der Waals surface area contributed by atoms with Crippen molar-refractivity contribution in [3.8, 4) is 0 Å². The summed E-state index contributed by atoms with van der Waals surface area (Å²) in [6.07, 6.45) is -0.0370. The van der Waals surface area contributed by atoms with E-state index in [1.54, 1.807) is 0 Å². The Labute approximate surface area is 165 Å². The van der Waals surface area contributed by atoms with Crippen LogP contribution < -0.4 is 5.32 Å². The van der Waals surface area contributed by atoms with Crippen LogP contribution in [-0.4, -0.2) is 44.6 Å². The van der Waals surface area contributed by atoms with Crippen molar-refractivity contribution >= 4 is 32.9 Å². The molecule has 27 heavy (non-hydrogen) atoms. The summed E-state index contributed by atoms with van der Waals surface area (Å²) in [4.78, 5) is 22.4. The fourth-order valence-electron chi connectivity index (χ4n) is 3.53.